The van der Waals surface area contributed by atoms with E-state index < -0.39 is 0 Å². The van der Waals surface area contributed by atoms with Crippen molar-refractivity contribution in [3.8, 4) is 22.3 Å². The molecule has 1 aliphatic rings. The lowest BCUT2D eigenvalue weighted by Gasteiger charge is -2.31. The highest BCUT2D eigenvalue weighted by Gasteiger charge is 2.26. The number of hydrogen-bond acceptors (Lipinski definition) is 7. The van der Waals surface area contributed by atoms with Crippen LogP contribution in [0.25, 0.3) is 16.4 Å². The van der Waals surface area contributed by atoms with Gasteiger partial charge >= 0.3 is 0 Å². The van der Waals surface area contributed by atoms with E-state index in [4.69, 9.17) is 4.74 Å². The Morgan fingerprint density at radius 1 is 1.17 bits per heavy atom. The molecule has 4 aromatic rings. The van der Waals surface area contributed by atoms with Gasteiger partial charge in [0, 0.05) is 44.4 Å². The topological polar surface area (TPSA) is 102 Å². The van der Waals surface area contributed by atoms with E-state index in [1.807, 2.05) is 40.6 Å². The van der Waals surface area contributed by atoms with Crippen molar-refractivity contribution in [2.24, 2.45) is 0 Å². The Bertz CT molecular complexity index is 1100. The molecule has 1 aliphatic heterocycles. The molecule has 4 aromatic heterocycles. The molecule has 1 amide bonds. The monoisotopic (exact) mass is 421 g/mol. The number of rotatable bonds is 5. The number of thiophene rings is 1. The Labute approximate surface area is 176 Å². The number of likely N-dealkylation sites (tertiary alicyclic amines) is 1. The van der Waals surface area contributed by atoms with Crippen LogP contribution in [0.5, 0.6) is 5.88 Å². The Hall–Kier alpha value is -3.53. The van der Waals surface area contributed by atoms with Crippen molar-refractivity contribution in [3.63, 3.8) is 0 Å². The molecule has 1 N–H and O–H groups in total. The highest BCUT2D eigenvalue weighted by Crippen LogP contribution is 2.24. The zero-order chi connectivity index (χ0) is 20.3. The van der Waals surface area contributed by atoms with Crippen LogP contribution in [0.15, 0.2) is 54.2 Å². The van der Waals surface area contributed by atoms with E-state index in [1.165, 1.54) is 0 Å². The summed E-state index contributed by atoms with van der Waals surface area (Å²) in [6, 6.07) is 11.2. The van der Waals surface area contributed by atoms with Crippen molar-refractivity contribution in [1.29, 1.82) is 0 Å². The number of carbonyl (C=O) groups excluding carboxylic acids is 1. The van der Waals surface area contributed by atoms with Crippen LogP contribution in [-0.2, 0) is 0 Å². The number of piperidine rings is 1. The van der Waals surface area contributed by atoms with E-state index >= 15 is 0 Å². The number of nitrogens with one attached hydrogen (secondary N) is 1. The Kier molecular flexibility index (Phi) is 4.98. The number of aromatic amines is 1. The van der Waals surface area contributed by atoms with Gasteiger partial charge in [-0.2, -0.15) is 10.2 Å². The Morgan fingerprint density at radius 3 is 2.77 bits per heavy atom. The number of aromatic nitrogens is 6. The molecule has 5 heterocycles. The predicted molar refractivity (Wildman–Crippen MR) is 111 cm³/mol. The summed E-state index contributed by atoms with van der Waals surface area (Å²) in [7, 11) is 0. The molecule has 30 heavy (non-hydrogen) atoms. The summed E-state index contributed by atoms with van der Waals surface area (Å²) in [6.45, 7) is 1.23. The summed E-state index contributed by atoms with van der Waals surface area (Å²) in [5, 5.41) is 21.5. The quantitative estimate of drug-likeness (QED) is 0.532. The minimum Gasteiger partial charge on any atom is -0.473 e. The minimum atomic E-state index is -0.0594. The first kappa shape index (κ1) is 18.5. The van der Waals surface area contributed by atoms with Crippen LogP contribution < -0.4 is 4.74 Å². The van der Waals surface area contributed by atoms with Crippen molar-refractivity contribution >= 4 is 17.2 Å². The van der Waals surface area contributed by atoms with Gasteiger partial charge in [0.05, 0.1) is 10.6 Å². The van der Waals surface area contributed by atoms with E-state index in [0.29, 0.717) is 30.5 Å². The van der Waals surface area contributed by atoms with Gasteiger partial charge in [-0.15, -0.1) is 21.5 Å². The summed E-state index contributed by atoms with van der Waals surface area (Å²) in [4.78, 5) is 15.7. The molecule has 5 rings (SSSR count). The fraction of sp³-hybridized carbons (Fsp3) is 0.250. The SMILES string of the molecule is O=C(c1cc(-c2cccs2)[nH]n1)N1CCC(Oc2ccc(-n3cccn3)nn2)CC1. The maximum absolute atomic E-state index is 12.8. The van der Waals surface area contributed by atoms with Gasteiger partial charge in [-0.3, -0.25) is 9.89 Å². The van der Waals surface area contributed by atoms with Gasteiger partial charge in [0.1, 0.15) is 6.10 Å². The van der Waals surface area contributed by atoms with Crippen LogP contribution in [0.1, 0.15) is 23.3 Å². The molecule has 1 fully saturated rings. The number of ether oxygens (including phenoxy) is 1. The second-order valence-electron chi connectivity index (χ2n) is 6.93. The molecule has 10 heteroatoms. The van der Waals surface area contributed by atoms with Crippen molar-refractivity contribution in [1.82, 2.24) is 35.1 Å². The Balaban J connectivity index is 1.16. The molecule has 9 nitrogen and oxygen atoms in total. The van der Waals surface area contributed by atoms with E-state index in [9.17, 15) is 4.79 Å². The zero-order valence-electron chi connectivity index (χ0n) is 16.0. The molecule has 0 aromatic carbocycles. The van der Waals surface area contributed by atoms with E-state index in [2.05, 4.69) is 25.5 Å². The van der Waals surface area contributed by atoms with Gasteiger partial charge in [0.15, 0.2) is 11.5 Å². The fourth-order valence-electron chi connectivity index (χ4n) is 3.40. The van der Waals surface area contributed by atoms with Crippen LogP contribution in [-0.4, -0.2) is 60.2 Å². The maximum atomic E-state index is 12.8. The lowest BCUT2D eigenvalue weighted by molar-refractivity contribution is 0.0580. The average Bonchev–Trinajstić information content (AvgIpc) is 3.57. The summed E-state index contributed by atoms with van der Waals surface area (Å²) >= 11 is 1.61. The minimum absolute atomic E-state index is 0.000216. The molecule has 0 atom stereocenters. The van der Waals surface area contributed by atoms with Gasteiger partial charge in [-0.05, 0) is 29.6 Å². The molecule has 0 bridgehead atoms. The zero-order valence-corrected chi connectivity index (χ0v) is 16.8. The number of hydrogen-bond donors (Lipinski definition) is 1. The van der Waals surface area contributed by atoms with Crippen LogP contribution in [0.4, 0.5) is 0 Å². The highest BCUT2D eigenvalue weighted by atomic mass is 32.1. The number of H-pyrrole nitrogens is 1. The summed E-state index contributed by atoms with van der Waals surface area (Å²) in [5.74, 6) is 1.05. The van der Waals surface area contributed by atoms with Crippen LogP contribution in [0, 0.1) is 0 Å². The fourth-order valence-corrected chi connectivity index (χ4v) is 4.09. The number of amides is 1. The molecule has 0 radical (unpaired) electrons. The first-order valence-electron chi connectivity index (χ1n) is 9.65. The molecule has 0 unspecified atom stereocenters. The highest BCUT2D eigenvalue weighted by molar-refractivity contribution is 7.13. The summed E-state index contributed by atoms with van der Waals surface area (Å²) in [5.41, 5.74) is 1.31. The van der Waals surface area contributed by atoms with Crippen LogP contribution in [0.3, 0.4) is 0 Å². The molecule has 0 aliphatic carbocycles. The molecular formula is C20H19N7O2S. The van der Waals surface area contributed by atoms with E-state index in [-0.39, 0.29) is 12.0 Å². The lowest BCUT2D eigenvalue weighted by atomic mass is 10.1. The third-order valence-electron chi connectivity index (χ3n) is 4.97. The van der Waals surface area contributed by atoms with Gasteiger partial charge in [0.2, 0.25) is 5.88 Å². The first-order chi connectivity index (χ1) is 14.8. The van der Waals surface area contributed by atoms with Crippen LogP contribution >= 0.6 is 11.3 Å². The van der Waals surface area contributed by atoms with Gasteiger partial charge in [-0.1, -0.05) is 6.07 Å². The standard InChI is InChI=1S/C20H19N7O2S/c28-20(16-13-15(22-23-16)17-3-1-12-30-17)26-10-6-14(7-11-26)29-19-5-4-18(24-25-19)27-9-2-8-21-27/h1-5,8-9,12-14H,6-7,10-11H2,(H,22,23). The Morgan fingerprint density at radius 2 is 2.07 bits per heavy atom. The second kappa shape index (κ2) is 8.07. The normalized spacial score (nSPS) is 14.7. The molecule has 1 saturated heterocycles. The number of nitrogens with zero attached hydrogens (tertiary/aromatic N) is 6. The predicted octanol–water partition coefficient (Wildman–Crippen LogP) is 2.80. The summed E-state index contributed by atoms with van der Waals surface area (Å²) in [6.07, 6.45) is 4.96. The first-order valence-corrected chi connectivity index (χ1v) is 10.5. The molecular weight excluding hydrogens is 402 g/mol. The van der Waals surface area contributed by atoms with Gasteiger partial charge < -0.3 is 9.64 Å². The molecule has 0 spiro atoms. The smallest absolute Gasteiger partial charge is 0.274 e. The van der Waals surface area contributed by atoms with Crippen molar-refractivity contribution in [2.45, 2.75) is 18.9 Å². The van der Waals surface area contributed by atoms with Crippen molar-refractivity contribution < 1.29 is 9.53 Å². The second-order valence-corrected chi connectivity index (χ2v) is 7.88. The van der Waals surface area contributed by atoms with Crippen LogP contribution in [0.2, 0.25) is 0 Å². The largest absolute Gasteiger partial charge is 0.473 e. The lowest BCUT2D eigenvalue weighted by Crippen LogP contribution is -2.42. The molecule has 0 saturated carbocycles. The summed E-state index contributed by atoms with van der Waals surface area (Å²) < 4.78 is 7.59. The van der Waals surface area contributed by atoms with Crippen molar-refractivity contribution in [2.75, 3.05) is 13.1 Å². The third-order valence-corrected chi connectivity index (χ3v) is 5.87. The molecule has 152 valence electrons. The van der Waals surface area contributed by atoms with E-state index in [1.54, 1.807) is 34.5 Å². The van der Waals surface area contributed by atoms with E-state index in [0.717, 1.165) is 23.4 Å². The van der Waals surface area contributed by atoms with Gasteiger partial charge in [-0.25, -0.2) is 4.68 Å². The maximum Gasteiger partial charge on any atom is 0.274 e. The van der Waals surface area contributed by atoms with Crippen molar-refractivity contribution in [3.05, 3.63) is 59.9 Å². The third kappa shape index (κ3) is 3.81. The average molecular weight is 421 g/mol. The van der Waals surface area contributed by atoms with Gasteiger partial charge in [0.25, 0.3) is 5.91 Å². The number of carbonyl (C=O) groups is 1.